The van der Waals surface area contributed by atoms with Gasteiger partial charge in [0.05, 0.1) is 31.3 Å². The third kappa shape index (κ3) is 5.16. The Hall–Kier alpha value is -3.43. The molecule has 0 radical (unpaired) electrons. The quantitative estimate of drug-likeness (QED) is 0.511. The van der Waals surface area contributed by atoms with Crippen LogP contribution in [0.1, 0.15) is 11.1 Å². The van der Waals surface area contributed by atoms with E-state index in [9.17, 15) is 13.2 Å². The monoisotopic (exact) mass is 516 g/mol. The van der Waals surface area contributed by atoms with Gasteiger partial charge in [-0.3, -0.25) is 9.10 Å². The van der Waals surface area contributed by atoms with Crippen molar-refractivity contribution in [2.24, 2.45) is 0 Å². The van der Waals surface area contributed by atoms with Crippen LogP contribution in [0.2, 0.25) is 5.02 Å². The highest BCUT2D eigenvalue weighted by Gasteiger charge is 2.37. The van der Waals surface area contributed by atoms with Crippen molar-refractivity contribution in [1.29, 1.82) is 0 Å². The van der Waals surface area contributed by atoms with Crippen molar-refractivity contribution >= 4 is 33.2 Å². The number of amides is 1. The number of anilines is 1. The van der Waals surface area contributed by atoms with Gasteiger partial charge in [0.25, 0.3) is 15.9 Å². The maximum Gasteiger partial charge on any atom is 0.264 e. The summed E-state index contributed by atoms with van der Waals surface area (Å²) in [6.45, 7) is 1.86. The highest BCUT2D eigenvalue weighted by atomic mass is 35.5. The number of fused-ring (bicyclic) bond motifs is 1. The smallest absolute Gasteiger partial charge is 0.264 e. The first-order valence-corrected chi connectivity index (χ1v) is 12.6. The Balaban J connectivity index is 1.58. The van der Waals surface area contributed by atoms with Gasteiger partial charge in [-0.1, -0.05) is 35.4 Å². The number of halogens is 1. The number of rotatable bonds is 7. The lowest BCUT2D eigenvalue weighted by Crippen LogP contribution is -2.50. The third-order valence-electron chi connectivity index (χ3n) is 5.61. The van der Waals surface area contributed by atoms with Crippen molar-refractivity contribution in [3.8, 4) is 17.2 Å². The summed E-state index contributed by atoms with van der Waals surface area (Å²) in [6.07, 6.45) is -1.07. The molecular formula is C25H25ClN2O6S. The lowest BCUT2D eigenvalue weighted by atomic mass is 10.2. The van der Waals surface area contributed by atoms with Gasteiger partial charge in [-0.2, -0.15) is 0 Å². The van der Waals surface area contributed by atoms with E-state index >= 15 is 0 Å². The summed E-state index contributed by atoms with van der Waals surface area (Å²) in [6, 6.07) is 16.5. The molecule has 8 nitrogen and oxygen atoms in total. The molecule has 1 heterocycles. The van der Waals surface area contributed by atoms with E-state index in [1.807, 2.05) is 6.92 Å². The highest BCUT2D eigenvalue weighted by Crippen LogP contribution is 2.39. The van der Waals surface area contributed by atoms with Crippen LogP contribution in [0, 0.1) is 6.92 Å². The van der Waals surface area contributed by atoms with Crippen LogP contribution in [-0.4, -0.2) is 41.2 Å². The van der Waals surface area contributed by atoms with Crippen LogP contribution in [0.3, 0.4) is 0 Å². The molecule has 3 aromatic carbocycles. The van der Waals surface area contributed by atoms with E-state index in [0.717, 1.165) is 11.1 Å². The molecule has 1 aliphatic rings. The van der Waals surface area contributed by atoms with Gasteiger partial charge >= 0.3 is 0 Å². The summed E-state index contributed by atoms with van der Waals surface area (Å²) in [5, 5.41) is 3.17. The van der Waals surface area contributed by atoms with Crippen molar-refractivity contribution in [1.82, 2.24) is 5.32 Å². The molecule has 0 unspecified atom stereocenters. The molecule has 1 atom stereocenters. The highest BCUT2D eigenvalue weighted by molar-refractivity contribution is 7.92. The fourth-order valence-corrected chi connectivity index (χ4v) is 5.35. The molecule has 1 aliphatic heterocycles. The van der Waals surface area contributed by atoms with Crippen molar-refractivity contribution in [2.45, 2.75) is 24.5 Å². The molecular weight excluding hydrogens is 492 g/mol. The van der Waals surface area contributed by atoms with Gasteiger partial charge in [0.1, 0.15) is 5.75 Å². The van der Waals surface area contributed by atoms with Crippen LogP contribution >= 0.6 is 11.6 Å². The molecule has 0 spiro atoms. The predicted molar refractivity (Wildman–Crippen MR) is 133 cm³/mol. The second kappa shape index (κ2) is 10.1. The second-order valence-corrected chi connectivity index (χ2v) is 10.3. The zero-order valence-electron chi connectivity index (χ0n) is 19.4. The molecule has 35 heavy (non-hydrogen) atoms. The number of ether oxygens (including phenoxy) is 3. The summed E-state index contributed by atoms with van der Waals surface area (Å²) in [5.41, 5.74) is 1.99. The molecule has 0 fully saturated rings. The summed E-state index contributed by atoms with van der Waals surface area (Å²) in [7, 11) is -0.902. The molecule has 1 N–H and O–H groups in total. The first-order chi connectivity index (χ1) is 16.7. The molecule has 0 aliphatic carbocycles. The van der Waals surface area contributed by atoms with Crippen LogP contribution in [0.25, 0.3) is 0 Å². The van der Waals surface area contributed by atoms with Crippen LogP contribution in [0.4, 0.5) is 5.69 Å². The van der Waals surface area contributed by atoms with Gasteiger partial charge in [0.15, 0.2) is 17.6 Å². The molecule has 3 aromatic rings. The molecule has 0 aromatic heterocycles. The van der Waals surface area contributed by atoms with Gasteiger partial charge in [-0.05, 0) is 55.0 Å². The van der Waals surface area contributed by atoms with Crippen LogP contribution in [0.15, 0.2) is 65.6 Å². The standard InChI is InChI=1S/C25H25ClN2O6S/c1-16-4-8-19(9-5-16)35(30,31)28-15-24(34-21-11-7-18(26)13-20(21)28)25(29)27-14-17-6-10-22(32-2)23(12-17)33-3/h4-13,24H,14-15H2,1-3H3,(H,27,29)/t24-/m1/s1. The maximum absolute atomic E-state index is 13.5. The normalized spacial score (nSPS) is 15.1. The number of aryl methyl sites for hydroxylation is 1. The average Bonchev–Trinajstić information content (AvgIpc) is 2.86. The molecule has 1 amide bonds. The first kappa shape index (κ1) is 24.7. The first-order valence-electron chi connectivity index (χ1n) is 10.8. The summed E-state index contributed by atoms with van der Waals surface area (Å²) in [5.74, 6) is 0.909. The minimum atomic E-state index is -3.97. The number of methoxy groups -OCH3 is 2. The van der Waals surface area contributed by atoms with Crippen molar-refractivity contribution in [3.05, 3.63) is 76.8 Å². The SMILES string of the molecule is COc1ccc(CNC(=O)[C@H]2CN(S(=O)(=O)c3ccc(C)cc3)c3cc(Cl)ccc3O2)cc1OC. The number of hydrogen-bond donors (Lipinski definition) is 1. The Labute approximate surface area is 209 Å². The number of nitrogens with zero attached hydrogens (tertiary/aromatic N) is 1. The zero-order valence-corrected chi connectivity index (χ0v) is 21.0. The van der Waals surface area contributed by atoms with E-state index in [2.05, 4.69) is 5.32 Å². The van der Waals surface area contributed by atoms with Crippen molar-refractivity contribution < 1.29 is 27.4 Å². The van der Waals surface area contributed by atoms with E-state index in [4.69, 9.17) is 25.8 Å². The van der Waals surface area contributed by atoms with Crippen molar-refractivity contribution in [3.63, 3.8) is 0 Å². The largest absolute Gasteiger partial charge is 0.493 e. The Kier molecular flexibility index (Phi) is 7.09. The Morgan fingerprint density at radius 3 is 2.46 bits per heavy atom. The molecule has 4 rings (SSSR count). The van der Waals surface area contributed by atoms with E-state index in [-0.39, 0.29) is 29.4 Å². The average molecular weight is 517 g/mol. The zero-order chi connectivity index (χ0) is 25.2. The Bertz CT molecular complexity index is 1340. The molecule has 0 saturated carbocycles. The van der Waals surface area contributed by atoms with Gasteiger partial charge in [-0.25, -0.2) is 8.42 Å². The second-order valence-electron chi connectivity index (χ2n) is 7.97. The molecule has 0 bridgehead atoms. The number of carbonyl (C=O) groups excluding carboxylic acids is 1. The van der Waals surface area contributed by atoms with E-state index < -0.39 is 22.0 Å². The number of carbonyl (C=O) groups is 1. The summed E-state index contributed by atoms with van der Waals surface area (Å²) < 4.78 is 44.6. The minimum Gasteiger partial charge on any atom is -0.493 e. The lowest BCUT2D eigenvalue weighted by Gasteiger charge is -2.35. The Morgan fingerprint density at radius 2 is 1.77 bits per heavy atom. The number of sulfonamides is 1. The maximum atomic E-state index is 13.5. The van der Waals surface area contributed by atoms with E-state index in [1.165, 1.54) is 29.6 Å². The van der Waals surface area contributed by atoms with Gasteiger partial charge in [-0.15, -0.1) is 0 Å². The third-order valence-corrected chi connectivity index (χ3v) is 7.64. The fraction of sp³-hybridized carbons (Fsp3) is 0.240. The van der Waals surface area contributed by atoms with Crippen LogP contribution in [-0.2, 0) is 21.4 Å². The predicted octanol–water partition coefficient (Wildman–Crippen LogP) is 3.94. The lowest BCUT2D eigenvalue weighted by molar-refractivity contribution is -0.127. The van der Waals surface area contributed by atoms with E-state index in [1.54, 1.807) is 49.6 Å². The number of nitrogens with one attached hydrogen (secondary N) is 1. The number of hydrogen-bond acceptors (Lipinski definition) is 6. The van der Waals surface area contributed by atoms with Crippen LogP contribution in [0.5, 0.6) is 17.2 Å². The van der Waals surface area contributed by atoms with Gasteiger partial charge in [0.2, 0.25) is 0 Å². The minimum absolute atomic E-state index is 0.111. The van der Waals surface area contributed by atoms with Crippen molar-refractivity contribution in [2.75, 3.05) is 25.1 Å². The molecule has 0 saturated heterocycles. The molecule has 184 valence electrons. The number of benzene rings is 3. The summed E-state index contributed by atoms with van der Waals surface area (Å²) in [4.78, 5) is 13.2. The fourth-order valence-electron chi connectivity index (χ4n) is 3.72. The summed E-state index contributed by atoms with van der Waals surface area (Å²) >= 11 is 6.15. The van der Waals surface area contributed by atoms with Gasteiger partial charge < -0.3 is 19.5 Å². The molecule has 10 heteroatoms. The van der Waals surface area contributed by atoms with Gasteiger partial charge in [0, 0.05) is 11.6 Å². The Morgan fingerprint density at radius 1 is 1.06 bits per heavy atom. The topological polar surface area (TPSA) is 94.2 Å². The van der Waals surface area contributed by atoms with E-state index in [0.29, 0.717) is 16.5 Å². The van der Waals surface area contributed by atoms with Crippen LogP contribution < -0.4 is 23.8 Å².